The predicted octanol–water partition coefficient (Wildman–Crippen LogP) is 2.20. The average Bonchev–Trinajstić information content (AvgIpc) is 2.85. The van der Waals surface area contributed by atoms with Crippen LogP contribution in [-0.4, -0.2) is 53.7 Å². The summed E-state index contributed by atoms with van der Waals surface area (Å²) in [7, 11) is 4.00. The number of hydrogen-bond acceptors (Lipinski definition) is 4. The van der Waals surface area contributed by atoms with E-state index in [1.54, 1.807) is 10.9 Å². The van der Waals surface area contributed by atoms with Crippen molar-refractivity contribution < 1.29 is 4.79 Å². The van der Waals surface area contributed by atoms with E-state index >= 15 is 0 Å². The molecule has 0 bridgehead atoms. The first-order valence-corrected chi connectivity index (χ1v) is 8.08. The zero-order valence-corrected chi connectivity index (χ0v) is 13.7. The first-order chi connectivity index (χ1) is 10.1. The molecule has 0 aliphatic carbocycles. The maximum absolute atomic E-state index is 12.4. The van der Waals surface area contributed by atoms with Gasteiger partial charge >= 0.3 is 0 Å². The van der Waals surface area contributed by atoms with Crippen molar-refractivity contribution in [3.8, 4) is 0 Å². The van der Waals surface area contributed by atoms with Crippen LogP contribution in [0.2, 0.25) is 5.02 Å². The minimum atomic E-state index is 0.101. The van der Waals surface area contributed by atoms with Gasteiger partial charge in [0.1, 0.15) is 5.69 Å². The first-order valence-electron chi connectivity index (χ1n) is 7.70. The number of Topliss-reactive ketones (excluding diaryl/α,β-unsaturated/α-hetero) is 1. The Bertz CT molecular complexity index is 466. The Morgan fingerprint density at radius 3 is 3.00 bits per heavy atom. The molecule has 21 heavy (non-hydrogen) atoms. The largest absolute Gasteiger partial charge is 0.314 e. The normalized spacial score (nSPS) is 19.1. The van der Waals surface area contributed by atoms with Gasteiger partial charge in [0.2, 0.25) is 0 Å². The molecule has 5 nitrogen and oxygen atoms in total. The zero-order valence-electron chi connectivity index (χ0n) is 12.9. The fourth-order valence-electron chi connectivity index (χ4n) is 2.70. The van der Waals surface area contributed by atoms with E-state index in [1.165, 1.54) is 19.3 Å². The lowest BCUT2D eigenvalue weighted by atomic mass is 9.99. The van der Waals surface area contributed by atoms with Crippen LogP contribution in [-0.2, 0) is 6.54 Å². The summed E-state index contributed by atoms with van der Waals surface area (Å²) >= 11 is 6.14. The molecule has 0 aromatic carbocycles. The van der Waals surface area contributed by atoms with Crippen molar-refractivity contribution in [1.82, 2.24) is 20.0 Å². The summed E-state index contributed by atoms with van der Waals surface area (Å²) in [5, 5.41) is 8.17. The molecule has 1 aromatic heterocycles. The van der Waals surface area contributed by atoms with Gasteiger partial charge in [-0.25, -0.2) is 0 Å². The van der Waals surface area contributed by atoms with Gasteiger partial charge in [0.05, 0.1) is 17.8 Å². The minimum Gasteiger partial charge on any atom is -0.314 e. The van der Waals surface area contributed by atoms with Crippen LogP contribution >= 0.6 is 11.6 Å². The first kappa shape index (κ1) is 16.5. The molecule has 1 aliphatic heterocycles. The van der Waals surface area contributed by atoms with E-state index in [1.807, 2.05) is 14.1 Å². The summed E-state index contributed by atoms with van der Waals surface area (Å²) in [6.45, 7) is 2.59. The van der Waals surface area contributed by atoms with E-state index in [2.05, 4.69) is 15.3 Å². The van der Waals surface area contributed by atoms with Crippen LogP contribution in [0.4, 0.5) is 0 Å². The highest BCUT2D eigenvalue weighted by Gasteiger charge is 2.20. The Hall–Kier alpha value is -0.910. The second-order valence-electron chi connectivity index (χ2n) is 5.98. The number of halogens is 1. The van der Waals surface area contributed by atoms with Gasteiger partial charge in [-0.15, -0.1) is 0 Å². The summed E-state index contributed by atoms with van der Waals surface area (Å²) < 4.78 is 1.74. The van der Waals surface area contributed by atoms with E-state index in [-0.39, 0.29) is 5.78 Å². The third-order valence-corrected chi connectivity index (χ3v) is 4.23. The highest BCUT2D eigenvalue weighted by atomic mass is 35.5. The molecule has 2 rings (SSSR count). The smallest absolute Gasteiger partial charge is 0.182 e. The topological polar surface area (TPSA) is 50.2 Å². The van der Waals surface area contributed by atoms with Crippen LogP contribution < -0.4 is 5.32 Å². The van der Waals surface area contributed by atoms with Gasteiger partial charge in [-0.2, -0.15) is 5.10 Å². The number of piperidine rings is 1. The zero-order chi connectivity index (χ0) is 15.2. The van der Waals surface area contributed by atoms with Gasteiger partial charge in [0.15, 0.2) is 5.78 Å². The number of hydrogen-bond donors (Lipinski definition) is 1. The number of nitrogens with one attached hydrogen (secondary N) is 1. The van der Waals surface area contributed by atoms with Gasteiger partial charge in [-0.1, -0.05) is 18.0 Å². The van der Waals surface area contributed by atoms with Crippen LogP contribution in [0, 0.1) is 0 Å². The molecular formula is C15H25ClN4O. The van der Waals surface area contributed by atoms with Crippen LogP contribution in [0.5, 0.6) is 0 Å². The molecule has 0 spiro atoms. The molecule has 1 aliphatic rings. The quantitative estimate of drug-likeness (QED) is 0.784. The molecule has 1 aromatic rings. The molecule has 6 heteroatoms. The number of ketones is 1. The molecule has 1 N–H and O–H groups in total. The molecule has 2 heterocycles. The van der Waals surface area contributed by atoms with E-state index in [0.717, 1.165) is 19.5 Å². The lowest BCUT2D eigenvalue weighted by molar-refractivity contribution is 0.0963. The highest BCUT2D eigenvalue weighted by molar-refractivity contribution is 6.33. The minimum absolute atomic E-state index is 0.101. The highest BCUT2D eigenvalue weighted by Crippen LogP contribution is 2.19. The molecule has 1 atom stereocenters. The SMILES string of the molecule is CN(C)CCn1ncc(Cl)c1C(=O)CCC1CCCCN1. The molecule has 0 amide bonds. The molecular weight excluding hydrogens is 288 g/mol. The fraction of sp³-hybridized carbons (Fsp3) is 0.733. The molecule has 118 valence electrons. The van der Waals surface area contributed by atoms with Crippen molar-refractivity contribution in [2.45, 2.75) is 44.7 Å². The number of carbonyl (C=O) groups is 1. The third kappa shape index (κ3) is 4.80. The Kier molecular flexibility index (Phi) is 6.21. The molecule has 0 saturated carbocycles. The number of nitrogens with zero attached hydrogens (tertiary/aromatic N) is 3. The summed E-state index contributed by atoms with van der Waals surface area (Å²) in [4.78, 5) is 14.5. The maximum Gasteiger partial charge on any atom is 0.182 e. The molecule has 1 saturated heterocycles. The number of likely N-dealkylation sites (N-methyl/N-ethyl adjacent to an activating group) is 1. The van der Waals surface area contributed by atoms with Gasteiger partial charge in [-0.05, 0) is 39.9 Å². The summed E-state index contributed by atoms with van der Waals surface area (Å²) in [5.74, 6) is 0.101. The molecule has 1 unspecified atom stereocenters. The second-order valence-corrected chi connectivity index (χ2v) is 6.38. The lowest BCUT2D eigenvalue weighted by Crippen LogP contribution is -2.34. The third-order valence-electron chi connectivity index (χ3n) is 3.95. The van der Waals surface area contributed by atoms with E-state index in [9.17, 15) is 4.79 Å². The number of rotatable bonds is 7. The van der Waals surface area contributed by atoms with Crippen molar-refractivity contribution in [1.29, 1.82) is 0 Å². The monoisotopic (exact) mass is 312 g/mol. The predicted molar refractivity (Wildman–Crippen MR) is 85.0 cm³/mol. The fourth-order valence-corrected chi connectivity index (χ4v) is 2.94. The van der Waals surface area contributed by atoms with Crippen molar-refractivity contribution >= 4 is 17.4 Å². The Labute approximate surface area is 131 Å². The second kappa shape index (κ2) is 7.92. The maximum atomic E-state index is 12.4. The Balaban J connectivity index is 1.92. The van der Waals surface area contributed by atoms with Gasteiger partial charge < -0.3 is 10.2 Å². The number of carbonyl (C=O) groups excluding carboxylic acids is 1. The van der Waals surface area contributed by atoms with Crippen LogP contribution in [0.3, 0.4) is 0 Å². The van der Waals surface area contributed by atoms with E-state index in [4.69, 9.17) is 11.6 Å². The number of aromatic nitrogens is 2. The lowest BCUT2D eigenvalue weighted by Gasteiger charge is -2.23. The van der Waals surface area contributed by atoms with Crippen LogP contribution in [0.25, 0.3) is 0 Å². The molecule has 0 radical (unpaired) electrons. The van der Waals surface area contributed by atoms with Crippen molar-refractivity contribution in [3.05, 3.63) is 16.9 Å². The van der Waals surface area contributed by atoms with Crippen LogP contribution in [0.15, 0.2) is 6.20 Å². The summed E-state index contributed by atoms with van der Waals surface area (Å²) in [6, 6.07) is 0.472. The summed E-state index contributed by atoms with van der Waals surface area (Å²) in [5.41, 5.74) is 0.564. The van der Waals surface area contributed by atoms with Gasteiger partial charge in [0, 0.05) is 19.0 Å². The average molecular weight is 313 g/mol. The van der Waals surface area contributed by atoms with Crippen molar-refractivity contribution in [3.63, 3.8) is 0 Å². The molecule has 1 fully saturated rings. The van der Waals surface area contributed by atoms with Gasteiger partial charge in [0.25, 0.3) is 0 Å². The summed E-state index contributed by atoms with van der Waals surface area (Å²) in [6.07, 6.45) is 6.66. The van der Waals surface area contributed by atoms with E-state index in [0.29, 0.717) is 29.7 Å². The standard InChI is InChI=1S/C15H25ClN4O/c1-19(2)9-10-20-15(13(16)11-18-20)14(21)7-6-12-5-3-4-8-17-12/h11-12,17H,3-10H2,1-2H3. The Morgan fingerprint density at radius 2 is 2.33 bits per heavy atom. The van der Waals surface area contributed by atoms with Gasteiger partial charge in [-0.3, -0.25) is 9.48 Å². The Morgan fingerprint density at radius 1 is 1.52 bits per heavy atom. The van der Waals surface area contributed by atoms with Crippen LogP contribution in [0.1, 0.15) is 42.6 Å². The van der Waals surface area contributed by atoms with E-state index < -0.39 is 0 Å². The van der Waals surface area contributed by atoms with Crippen molar-refractivity contribution in [2.24, 2.45) is 0 Å². The van der Waals surface area contributed by atoms with Crippen molar-refractivity contribution in [2.75, 3.05) is 27.2 Å².